The molecular weight excluding hydrogens is 208 g/mol. The summed E-state index contributed by atoms with van der Waals surface area (Å²) >= 11 is 0. The zero-order chi connectivity index (χ0) is 12.1. The van der Waals surface area contributed by atoms with E-state index in [1.165, 1.54) is 64.6 Å². The van der Waals surface area contributed by atoms with E-state index in [2.05, 4.69) is 24.1 Å². The SMILES string of the molecule is CC(C)C1CCCCN1CCC1CCCCN1. The molecule has 0 aromatic heterocycles. The molecule has 2 rings (SSSR count). The lowest BCUT2D eigenvalue weighted by Crippen LogP contribution is -2.45. The molecule has 2 saturated heterocycles. The van der Waals surface area contributed by atoms with Crippen molar-refractivity contribution in [1.82, 2.24) is 10.2 Å². The molecule has 17 heavy (non-hydrogen) atoms. The lowest BCUT2D eigenvalue weighted by Gasteiger charge is -2.39. The second-order valence-electron chi connectivity index (χ2n) is 6.28. The van der Waals surface area contributed by atoms with E-state index in [-0.39, 0.29) is 0 Å². The van der Waals surface area contributed by atoms with Crippen LogP contribution in [-0.2, 0) is 0 Å². The van der Waals surface area contributed by atoms with Crippen LogP contribution in [0.3, 0.4) is 0 Å². The van der Waals surface area contributed by atoms with Crippen LogP contribution < -0.4 is 5.32 Å². The lowest BCUT2D eigenvalue weighted by atomic mass is 9.92. The van der Waals surface area contributed by atoms with Crippen molar-refractivity contribution in [2.24, 2.45) is 5.92 Å². The highest BCUT2D eigenvalue weighted by atomic mass is 15.2. The smallest absolute Gasteiger partial charge is 0.0118 e. The fraction of sp³-hybridized carbons (Fsp3) is 1.00. The van der Waals surface area contributed by atoms with E-state index in [0.717, 1.165) is 18.0 Å². The number of likely N-dealkylation sites (tertiary alicyclic amines) is 1. The normalized spacial score (nSPS) is 31.9. The molecule has 2 unspecified atom stereocenters. The van der Waals surface area contributed by atoms with Gasteiger partial charge < -0.3 is 10.2 Å². The Kier molecular flexibility index (Phi) is 5.30. The molecule has 100 valence electrons. The summed E-state index contributed by atoms with van der Waals surface area (Å²) < 4.78 is 0. The van der Waals surface area contributed by atoms with Crippen LogP contribution in [0.2, 0.25) is 0 Å². The van der Waals surface area contributed by atoms with Crippen molar-refractivity contribution in [3.05, 3.63) is 0 Å². The summed E-state index contributed by atoms with van der Waals surface area (Å²) in [5, 5.41) is 3.68. The van der Waals surface area contributed by atoms with Gasteiger partial charge in [-0.15, -0.1) is 0 Å². The van der Waals surface area contributed by atoms with Gasteiger partial charge in [-0.05, 0) is 57.7 Å². The van der Waals surface area contributed by atoms with Crippen molar-refractivity contribution >= 4 is 0 Å². The van der Waals surface area contributed by atoms with Gasteiger partial charge in [-0.25, -0.2) is 0 Å². The molecule has 2 fully saturated rings. The summed E-state index contributed by atoms with van der Waals surface area (Å²) in [4.78, 5) is 2.77. The molecule has 0 saturated carbocycles. The van der Waals surface area contributed by atoms with E-state index < -0.39 is 0 Å². The highest BCUT2D eigenvalue weighted by Crippen LogP contribution is 2.23. The van der Waals surface area contributed by atoms with E-state index >= 15 is 0 Å². The lowest BCUT2D eigenvalue weighted by molar-refractivity contribution is 0.105. The molecule has 0 bridgehead atoms. The fourth-order valence-electron chi connectivity index (χ4n) is 3.54. The van der Waals surface area contributed by atoms with Crippen molar-refractivity contribution in [2.75, 3.05) is 19.6 Å². The van der Waals surface area contributed by atoms with Gasteiger partial charge in [0.2, 0.25) is 0 Å². The Morgan fingerprint density at radius 3 is 2.65 bits per heavy atom. The number of piperidine rings is 2. The molecule has 2 heteroatoms. The van der Waals surface area contributed by atoms with Crippen LogP contribution in [-0.4, -0.2) is 36.6 Å². The maximum atomic E-state index is 3.68. The first-order chi connectivity index (χ1) is 8.27. The maximum Gasteiger partial charge on any atom is 0.0118 e. The highest BCUT2D eigenvalue weighted by Gasteiger charge is 2.25. The minimum absolute atomic E-state index is 0.804. The third kappa shape index (κ3) is 3.96. The number of nitrogens with one attached hydrogen (secondary N) is 1. The van der Waals surface area contributed by atoms with Gasteiger partial charge in [-0.3, -0.25) is 0 Å². The molecule has 0 aliphatic carbocycles. The quantitative estimate of drug-likeness (QED) is 0.810. The van der Waals surface area contributed by atoms with Crippen LogP contribution in [0.15, 0.2) is 0 Å². The first-order valence-electron chi connectivity index (χ1n) is 7.75. The molecule has 2 heterocycles. The molecule has 0 spiro atoms. The first-order valence-corrected chi connectivity index (χ1v) is 7.75. The molecule has 2 aliphatic rings. The highest BCUT2D eigenvalue weighted by molar-refractivity contribution is 4.81. The molecule has 2 aliphatic heterocycles. The Labute approximate surface area is 107 Å². The monoisotopic (exact) mass is 238 g/mol. The Morgan fingerprint density at radius 2 is 1.94 bits per heavy atom. The molecule has 0 radical (unpaired) electrons. The Bertz CT molecular complexity index is 209. The minimum atomic E-state index is 0.804. The molecule has 0 aromatic rings. The Morgan fingerprint density at radius 1 is 1.12 bits per heavy atom. The predicted octanol–water partition coefficient (Wildman–Crippen LogP) is 3.03. The average molecular weight is 238 g/mol. The first kappa shape index (κ1) is 13.4. The van der Waals surface area contributed by atoms with E-state index in [9.17, 15) is 0 Å². The van der Waals surface area contributed by atoms with Crippen molar-refractivity contribution < 1.29 is 0 Å². The second-order valence-corrected chi connectivity index (χ2v) is 6.28. The van der Waals surface area contributed by atoms with Crippen LogP contribution in [0.25, 0.3) is 0 Å². The molecule has 2 atom stereocenters. The summed E-state index contributed by atoms with van der Waals surface area (Å²) in [6.45, 7) is 8.69. The van der Waals surface area contributed by atoms with Gasteiger partial charge in [0.05, 0.1) is 0 Å². The number of hydrogen-bond acceptors (Lipinski definition) is 2. The average Bonchev–Trinajstić information content (AvgIpc) is 2.38. The molecular formula is C15H30N2. The zero-order valence-electron chi connectivity index (χ0n) is 11.8. The van der Waals surface area contributed by atoms with Crippen LogP contribution in [0.4, 0.5) is 0 Å². The molecule has 0 aromatic carbocycles. The summed E-state index contributed by atoms with van der Waals surface area (Å²) in [6, 6.07) is 1.66. The van der Waals surface area contributed by atoms with Gasteiger partial charge in [0.25, 0.3) is 0 Å². The minimum Gasteiger partial charge on any atom is -0.314 e. The largest absolute Gasteiger partial charge is 0.314 e. The van der Waals surface area contributed by atoms with Crippen molar-refractivity contribution in [2.45, 2.75) is 70.9 Å². The van der Waals surface area contributed by atoms with E-state index in [1.54, 1.807) is 0 Å². The van der Waals surface area contributed by atoms with Crippen molar-refractivity contribution in [3.63, 3.8) is 0 Å². The van der Waals surface area contributed by atoms with Gasteiger partial charge >= 0.3 is 0 Å². The topological polar surface area (TPSA) is 15.3 Å². The van der Waals surface area contributed by atoms with Crippen molar-refractivity contribution in [3.8, 4) is 0 Å². The zero-order valence-corrected chi connectivity index (χ0v) is 11.8. The van der Waals surface area contributed by atoms with Gasteiger partial charge in [0.1, 0.15) is 0 Å². The van der Waals surface area contributed by atoms with Gasteiger partial charge in [0.15, 0.2) is 0 Å². The number of rotatable bonds is 4. The van der Waals surface area contributed by atoms with Gasteiger partial charge in [0, 0.05) is 12.1 Å². The number of nitrogens with zero attached hydrogens (tertiary/aromatic N) is 1. The van der Waals surface area contributed by atoms with Crippen LogP contribution in [0.5, 0.6) is 0 Å². The summed E-state index contributed by atoms with van der Waals surface area (Å²) in [7, 11) is 0. The van der Waals surface area contributed by atoms with Crippen LogP contribution in [0, 0.1) is 5.92 Å². The molecule has 0 amide bonds. The molecule has 1 N–H and O–H groups in total. The van der Waals surface area contributed by atoms with E-state index in [1.807, 2.05) is 0 Å². The Balaban J connectivity index is 1.75. The summed E-state index contributed by atoms with van der Waals surface area (Å²) in [5.74, 6) is 0.828. The van der Waals surface area contributed by atoms with Crippen LogP contribution in [0.1, 0.15) is 58.8 Å². The predicted molar refractivity (Wildman–Crippen MR) is 74.3 cm³/mol. The molecule has 2 nitrogen and oxygen atoms in total. The van der Waals surface area contributed by atoms with Crippen molar-refractivity contribution in [1.29, 1.82) is 0 Å². The van der Waals surface area contributed by atoms with Gasteiger partial charge in [-0.2, -0.15) is 0 Å². The maximum absolute atomic E-state index is 3.68. The fourth-order valence-corrected chi connectivity index (χ4v) is 3.54. The standard InChI is InChI=1S/C15H30N2/c1-13(2)15-8-4-6-11-17(15)12-9-14-7-3-5-10-16-14/h13-16H,3-12H2,1-2H3. The number of hydrogen-bond donors (Lipinski definition) is 1. The Hall–Kier alpha value is -0.0800. The summed E-state index contributed by atoms with van der Waals surface area (Å²) in [5.41, 5.74) is 0. The third-order valence-electron chi connectivity index (χ3n) is 4.61. The second kappa shape index (κ2) is 6.75. The summed E-state index contributed by atoms with van der Waals surface area (Å²) in [6.07, 6.45) is 9.88. The van der Waals surface area contributed by atoms with Crippen LogP contribution >= 0.6 is 0 Å². The van der Waals surface area contributed by atoms with E-state index in [4.69, 9.17) is 0 Å². The van der Waals surface area contributed by atoms with E-state index in [0.29, 0.717) is 0 Å². The van der Waals surface area contributed by atoms with Gasteiger partial charge in [-0.1, -0.05) is 26.7 Å². The third-order valence-corrected chi connectivity index (χ3v) is 4.61.